The first-order chi connectivity index (χ1) is 11.2. The molecule has 0 aliphatic carbocycles. The van der Waals surface area contributed by atoms with Crippen LogP contribution in [0.3, 0.4) is 0 Å². The van der Waals surface area contributed by atoms with E-state index in [1.807, 2.05) is 18.2 Å². The van der Waals surface area contributed by atoms with E-state index in [9.17, 15) is 4.79 Å². The molecule has 6 heteroatoms. The average Bonchev–Trinajstić information content (AvgIpc) is 2.56. The number of hydrogen-bond acceptors (Lipinski definition) is 4. The van der Waals surface area contributed by atoms with E-state index in [2.05, 4.69) is 21.2 Å². The number of amides is 1. The van der Waals surface area contributed by atoms with Gasteiger partial charge in [-0.15, -0.1) is 0 Å². The number of hydrogen-bond donors (Lipinski definition) is 1. The van der Waals surface area contributed by atoms with Crippen LogP contribution < -0.4 is 14.8 Å². The van der Waals surface area contributed by atoms with Crippen LogP contribution in [0.1, 0.15) is 11.1 Å². The van der Waals surface area contributed by atoms with Crippen LogP contribution in [0.5, 0.6) is 11.5 Å². The van der Waals surface area contributed by atoms with E-state index in [1.54, 1.807) is 24.3 Å². The Labute approximate surface area is 142 Å². The van der Waals surface area contributed by atoms with Crippen molar-refractivity contribution in [3.05, 3.63) is 52.0 Å². The van der Waals surface area contributed by atoms with Gasteiger partial charge in [0.25, 0.3) is 0 Å². The van der Waals surface area contributed by atoms with Gasteiger partial charge in [0.15, 0.2) is 11.5 Å². The molecule has 0 spiro atoms. The molecular weight excluding hydrogens is 360 g/mol. The third-order valence-electron chi connectivity index (χ3n) is 3.36. The summed E-state index contributed by atoms with van der Waals surface area (Å²) in [5.74, 6) is 1.19. The van der Waals surface area contributed by atoms with Gasteiger partial charge in [0, 0.05) is 10.2 Å². The lowest BCUT2D eigenvalue weighted by atomic mass is 10.1. The van der Waals surface area contributed by atoms with Crippen LogP contribution in [0, 0.1) is 11.3 Å². The van der Waals surface area contributed by atoms with Crippen molar-refractivity contribution in [1.29, 1.82) is 5.26 Å². The smallest absolute Gasteiger partial charge is 0.228 e. The van der Waals surface area contributed by atoms with Gasteiger partial charge < -0.3 is 14.8 Å². The van der Waals surface area contributed by atoms with Crippen LogP contribution in [0.15, 0.2) is 40.9 Å². The predicted molar refractivity (Wildman–Crippen MR) is 88.6 cm³/mol. The average molecular weight is 373 g/mol. The molecule has 1 aliphatic rings. The summed E-state index contributed by atoms with van der Waals surface area (Å²) in [6.45, 7) is 1.03. The summed E-state index contributed by atoms with van der Waals surface area (Å²) in [4.78, 5) is 12.2. The van der Waals surface area contributed by atoms with Gasteiger partial charge in [0.05, 0.1) is 18.1 Å². The number of nitriles is 1. The predicted octanol–water partition coefficient (Wildman–Crippen LogP) is 3.27. The van der Waals surface area contributed by atoms with Gasteiger partial charge >= 0.3 is 0 Å². The fourth-order valence-electron chi connectivity index (χ4n) is 2.25. The van der Waals surface area contributed by atoms with E-state index in [-0.39, 0.29) is 12.3 Å². The summed E-state index contributed by atoms with van der Waals surface area (Å²) < 4.78 is 11.8. The second-order valence-corrected chi connectivity index (χ2v) is 5.86. The van der Waals surface area contributed by atoms with Crippen LogP contribution in [0.2, 0.25) is 0 Å². The SMILES string of the molecule is N#Cc1ccc(NC(=O)Cc2cc3c(cc2Br)OCCO3)cc1. The molecule has 0 radical (unpaired) electrons. The van der Waals surface area contributed by atoms with Crippen molar-refractivity contribution < 1.29 is 14.3 Å². The number of carbonyl (C=O) groups excluding carboxylic acids is 1. The van der Waals surface area contributed by atoms with E-state index < -0.39 is 0 Å². The molecule has 2 aromatic carbocycles. The van der Waals surface area contributed by atoms with Gasteiger partial charge in [-0.3, -0.25) is 4.79 Å². The highest BCUT2D eigenvalue weighted by Gasteiger charge is 2.16. The van der Waals surface area contributed by atoms with Gasteiger partial charge in [0.2, 0.25) is 5.91 Å². The molecule has 0 fully saturated rings. The summed E-state index contributed by atoms with van der Waals surface area (Å²) in [6, 6.07) is 12.4. The minimum atomic E-state index is -0.146. The molecule has 0 saturated carbocycles. The number of fused-ring (bicyclic) bond motifs is 1. The number of ether oxygens (including phenoxy) is 2. The highest BCUT2D eigenvalue weighted by molar-refractivity contribution is 9.10. The molecular formula is C17H13BrN2O3. The van der Waals surface area contributed by atoms with Gasteiger partial charge in [-0.1, -0.05) is 15.9 Å². The highest BCUT2D eigenvalue weighted by atomic mass is 79.9. The van der Waals surface area contributed by atoms with E-state index in [0.29, 0.717) is 36.0 Å². The lowest BCUT2D eigenvalue weighted by molar-refractivity contribution is -0.115. The van der Waals surface area contributed by atoms with Crippen molar-refractivity contribution in [2.24, 2.45) is 0 Å². The van der Waals surface area contributed by atoms with E-state index in [1.165, 1.54) is 0 Å². The number of nitrogens with one attached hydrogen (secondary N) is 1. The first-order valence-corrected chi connectivity index (χ1v) is 7.83. The second kappa shape index (κ2) is 6.71. The summed E-state index contributed by atoms with van der Waals surface area (Å²) in [5, 5.41) is 11.6. The first kappa shape index (κ1) is 15.4. The zero-order valence-electron chi connectivity index (χ0n) is 12.1. The van der Waals surface area contributed by atoms with Crippen LogP contribution in [0.25, 0.3) is 0 Å². The zero-order chi connectivity index (χ0) is 16.2. The molecule has 1 heterocycles. The van der Waals surface area contributed by atoms with Crippen LogP contribution >= 0.6 is 15.9 Å². The molecule has 23 heavy (non-hydrogen) atoms. The second-order valence-electron chi connectivity index (χ2n) is 5.00. The Kier molecular flexibility index (Phi) is 4.49. The summed E-state index contributed by atoms with van der Waals surface area (Å²) in [7, 11) is 0. The van der Waals surface area contributed by atoms with E-state index >= 15 is 0 Å². The van der Waals surface area contributed by atoms with Crippen molar-refractivity contribution in [1.82, 2.24) is 0 Å². The molecule has 1 N–H and O–H groups in total. The standard InChI is InChI=1S/C17H13BrN2O3/c18-14-9-16-15(22-5-6-23-16)7-12(14)8-17(21)20-13-3-1-11(10-19)2-4-13/h1-4,7,9H,5-6,8H2,(H,20,21). The van der Waals surface area contributed by atoms with Gasteiger partial charge in [-0.05, 0) is 42.0 Å². The number of anilines is 1. The van der Waals surface area contributed by atoms with Gasteiger partial charge in [-0.2, -0.15) is 5.26 Å². The monoisotopic (exact) mass is 372 g/mol. The van der Waals surface area contributed by atoms with Crippen LogP contribution in [0.4, 0.5) is 5.69 Å². The third-order valence-corrected chi connectivity index (χ3v) is 4.10. The maximum absolute atomic E-state index is 12.2. The Hall–Kier alpha value is -2.52. The summed E-state index contributed by atoms with van der Waals surface area (Å²) in [5.41, 5.74) is 2.03. The first-order valence-electron chi connectivity index (χ1n) is 7.04. The van der Waals surface area contributed by atoms with Crippen molar-refractivity contribution in [3.63, 3.8) is 0 Å². The molecule has 0 unspecified atom stereocenters. The quantitative estimate of drug-likeness (QED) is 0.897. The normalized spacial score (nSPS) is 12.3. The maximum Gasteiger partial charge on any atom is 0.228 e. The largest absolute Gasteiger partial charge is 0.486 e. The van der Waals surface area contributed by atoms with Gasteiger partial charge in [-0.25, -0.2) is 0 Å². The van der Waals surface area contributed by atoms with Crippen molar-refractivity contribution in [3.8, 4) is 17.6 Å². The summed E-state index contributed by atoms with van der Waals surface area (Å²) in [6.07, 6.45) is 0.206. The Morgan fingerprint density at radius 3 is 2.48 bits per heavy atom. The number of halogens is 1. The molecule has 0 aromatic heterocycles. The lowest BCUT2D eigenvalue weighted by Crippen LogP contribution is -2.17. The van der Waals surface area contributed by atoms with E-state index in [0.717, 1.165) is 10.0 Å². The molecule has 1 amide bonds. The zero-order valence-corrected chi connectivity index (χ0v) is 13.7. The third kappa shape index (κ3) is 3.63. The Morgan fingerprint density at radius 2 is 1.83 bits per heavy atom. The van der Waals surface area contributed by atoms with Gasteiger partial charge in [0.1, 0.15) is 13.2 Å². The Bertz CT molecular complexity index is 782. The molecule has 116 valence electrons. The minimum Gasteiger partial charge on any atom is -0.486 e. The number of rotatable bonds is 3. The fraction of sp³-hybridized carbons (Fsp3) is 0.176. The van der Waals surface area contributed by atoms with Crippen LogP contribution in [-0.2, 0) is 11.2 Å². The number of nitrogens with zero attached hydrogens (tertiary/aromatic N) is 1. The van der Waals surface area contributed by atoms with Crippen LogP contribution in [-0.4, -0.2) is 19.1 Å². The summed E-state index contributed by atoms with van der Waals surface area (Å²) >= 11 is 3.46. The lowest BCUT2D eigenvalue weighted by Gasteiger charge is -2.19. The Morgan fingerprint density at radius 1 is 1.17 bits per heavy atom. The molecule has 1 aliphatic heterocycles. The van der Waals surface area contributed by atoms with Crippen molar-refractivity contribution in [2.45, 2.75) is 6.42 Å². The van der Waals surface area contributed by atoms with Crippen molar-refractivity contribution >= 4 is 27.5 Å². The molecule has 0 bridgehead atoms. The fourth-order valence-corrected chi connectivity index (χ4v) is 2.71. The molecule has 5 nitrogen and oxygen atoms in total. The van der Waals surface area contributed by atoms with Crippen molar-refractivity contribution in [2.75, 3.05) is 18.5 Å². The minimum absolute atomic E-state index is 0.146. The maximum atomic E-state index is 12.2. The molecule has 3 rings (SSSR count). The Balaban J connectivity index is 1.71. The molecule has 0 saturated heterocycles. The van der Waals surface area contributed by atoms with E-state index in [4.69, 9.17) is 14.7 Å². The molecule has 0 atom stereocenters. The topological polar surface area (TPSA) is 71.4 Å². The number of benzene rings is 2. The highest BCUT2D eigenvalue weighted by Crippen LogP contribution is 2.35. The molecule has 2 aromatic rings. The number of carbonyl (C=O) groups is 1.